The fraction of sp³-hybridized carbons (Fsp3) is 0.200. The van der Waals surface area contributed by atoms with Gasteiger partial charge in [0.15, 0.2) is 5.75 Å². The maximum Gasteiger partial charge on any atom is 0.154 e. The summed E-state index contributed by atoms with van der Waals surface area (Å²) in [4.78, 5) is 0. The lowest BCUT2D eigenvalue weighted by atomic mass is 10.2. The van der Waals surface area contributed by atoms with Crippen molar-refractivity contribution in [2.45, 2.75) is 4.21 Å². The zero-order chi connectivity index (χ0) is 10.1. The van der Waals surface area contributed by atoms with Crippen LogP contribution in [0.15, 0.2) is 22.4 Å². The van der Waals surface area contributed by atoms with Gasteiger partial charge in [0, 0.05) is 4.70 Å². The van der Waals surface area contributed by atoms with Crippen LogP contribution in [0.25, 0.3) is 10.1 Å². The molecule has 0 radical (unpaired) electrons. The predicted molar refractivity (Wildman–Crippen MR) is 61.8 cm³/mol. The highest BCUT2D eigenvalue weighted by Gasteiger charge is 2.14. The molecule has 0 saturated carbocycles. The van der Waals surface area contributed by atoms with Crippen LogP contribution in [0.4, 0.5) is 0 Å². The third-order valence-electron chi connectivity index (χ3n) is 2.01. The average Bonchev–Trinajstić information content (AvgIpc) is 2.56. The second kappa shape index (κ2) is 3.71. The molecular weight excluding hydrogens is 216 g/mol. The molecule has 14 heavy (non-hydrogen) atoms. The monoisotopic (exact) mass is 226 g/mol. The molecule has 0 spiro atoms. The van der Waals surface area contributed by atoms with Crippen molar-refractivity contribution in [2.75, 3.05) is 13.4 Å². The van der Waals surface area contributed by atoms with E-state index in [0.29, 0.717) is 0 Å². The molecule has 0 aliphatic carbocycles. The Kier molecular flexibility index (Phi) is 2.56. The number of phenolic OH excluding ortho intramolecular Hbond substituents is 1. The first-order valence-electron chi connectivity index (χ1n) is 4.10. The molecule has 74 valence electrons. The summed E-state index contributed by atoms with van der Waals surface area (Å²) in [5, 5.41) is 10.5. The highest BCUT2D eigenvalue weighted by atomic mass is 32.2. The molecular formula is C10H10O2S2. The topological polar surface area (TPSA) is 29.5 Å². The number of thioether (sulfide) groups is 1. The van der Waals surface area contributed by atoms with Gasteiger partial charge in [-0.25, -0.2) is 0 Å². The van der Waals surface area contributed by atoms with Gasteiger partial charge in [0.05, 0.1) is 12.5 Å². The first kappa shape index (κ1) is 9.68. The average molecular weight is 226 g/mol. The first-order valence-corrected chi connectivity index (χ1v) is 6.14. The lowest BCUT2D eigenvalue weighted by molar-refractivity contribution is 0.410. The Morgan fingerprint density at radius 1 is 1.43 bits per heavy atom. The summed E-state index contributed by atoms with van der Waals surface area (Å²) in [5.74, 6) is 1.08. The van der Waals surface area contributed by atoms with Crippen LogP contribution in [0.2, 0.25) is 0 Å². The second-order valence-electron chi connectivity index (χ2n) is 2.78. The van der Waals surface area contributed by atoms with Crippen LogP contribution in [0.3, 0.4) is 0 Å². The van der Waals surface area contributed by atoms with E-state index >= 15 is 0 Å². The Morgan fingerprint density at radius 3 is 2.86 bits per heavy atom. The predicted octanol–water partition coefficient (Wildman–Crippen LogP) is 3.34. The molecule has 2 rings (SSSR count). The molecule has 0 saturated heterocycles. The number of fused-ring (bicyclic) bond motifs is 1. The van der Waals surface area contributed by atoms with Gasteiger partial charge in [-0.15, -0.1) is 23.1 Å². The minimum absolute atomic E-state index is 0.288. The summed E-state index contributed by atoms with van der Waals surface area (Å²) in [6, 6.07) is 5.52. The molecule has 2 aromatic rings. The highest BCUT2D eigenvalue weighted by molar-refractivity contribution is 8.00. The van der Waals surface area contributed by atoms with E-state index in [0.717, 1.165) is 20.0 Å². The standard InChI is InChI=1S/C10H10O2S2/c1-12-9-8-6(11)4-3-5-7(8)14-10(9)13-2/h3-5,11H,1-2H3. The highest BCUT2D eigenvalue weighted by Crippen LogP contribution is 2.46. The Morgan fingerprint density at radius 2 is 2.21 bits per heavy atom. The molecule has 1 aromatic carbocycles. The van der Waals surface area contributed by atoms with Crippen LogP contribution in [-0.2, 0) is 0 Å². The van der Waals surface area contributed by atoms with Crippen LogP contribution in [-0.4, -0.2) is 18.5 Å². The van der Waals surface area contributed by atoms with Crippen LogP contribution in [0.1, 0.15) is 0 Å². The number of thiophene rings is 1. The van der Waals surface area contributed by atoms with Crippen LogP contribution in [0, 0.1) is 0 Å². The Bertz CT molecular complexity index is 462. The third-order valence-corrected chi connectivity index (χ3v) is 4.25. The lowest BCUT2D eigenvalue weighted by Gasteiger charge is -2.00. The molecule has 4 heteroatoms. The zero-order valence-electron chi connectivity index (χ0n) is 7.90. The van der Waals surface area contributed by atoms with E-state index in [1.54, 1.807) is 36.3 Å². The largest absolute Gasteiger partial charge is 0.507 e. The van der Waals surface area contributed by atoms with E-state index in [1.807, 2.05) is 18.4 Å². The molecule has 0 amide bonds. The quantitative estimate of drug-likeness (QED) is 0.796. The number of phenols is 1. The van der Waals surface area contributed by atoms with E-state index in [-0.39, 0.29) is 5.75 Å². The number of hydrogen-bond donors (Lipinski definition) is 1. The van der Waals surface area contributed by atoms with Crippen molar-refractivity contribution < 1.29 is 9.84 Å². The summed E-state index contributed by atoms with van der Waals surface area (Å²) in [5.41, 5.74) is 0. The summed E-state index contributed by atoms with van der Waals surface area (Å²) in [6.45, 7) is 0. The SMILES string of the molecule is COc1c(SC)sc2cccc(O)c12. The van der Waals surface area contributed by atoms with Gasteiger partial charge in [0.2, 0.25) is 0 Å². The number of aromatic hydroxyl groups is 1. The van der Waals surface area contributed by atoms with Gasteiger partial charge in [-0.3, -0.25) is 0 Å². The molecule has 1 aromatic heterocycles. The minimum Gasteiger partial charge on any atom is -0.507 e. The van der Waals surface area contributed by atoms with E-state index < -0.39 is 0 Å². The maximum absolute atomic E-state index is 9.71. The Hall–Kier alpha value is -0.870. The fourth-order valence-electron chi connectivity index (χ4n) is 1.40. The van der Waals surface area contributed by atoms with Gasteiger partial charge in [-0.2, -0.15) is 0 Å². The summed E-state index contributed by atoms with van der Waals surface area (Å²) in [6.07, 6.45) is 2.00. The van der Waals surface area contributed by atoms with E-state index in [2.05, 4.69) is 0 Å². The third kappa shape index (κ3) is 1.35. The van der Waals surface area contributed by atoms with Crippen molar-refractivity contribution >= 4 is 33.2 Å². The van der Waals surface area contributed by atoms with Gasteiger partial charge >= 0.3 is 0 Å². The fourth-order valence-corrected chi connectivity index (χ4v) is 3.30. The van der Waals surface area contributed by atoms with Crippen LogP contribution >= 0.6 is 23.1 Å². The van der Waals surface area contributed by atoms with E-state index in [1.165, 1.54) is 0 Å². The van der Waals surface area contributed by atoms with Crippen molar-refractivity contribution in [1.29, 1.82) is 0 Å². The van der Waals surface area contributed by atoms with Crippen molar-refractivity contribution in [3.05, 3.63) is 18.2 Å². The molecule has 0 aliphatic rings. The maximum atomic E-state index is 9.71. The molecule has 0 atom stereocenters. The van der Waals surface area contributed by atoms with Crippen molar-refractivity contribution in [2.24, 2.45) is 0 Å². The molecule has 0 bridgehead atoms. The number of rotatable bonds is 2. The summed E-state index contributed by atoms with van der Waals surface area (Å²) < 4.78 is 7.46. The smallest absolute Gasteiger partial charge is 0.154 e. The lowest BCUT2D eigenvalue weighted by Crippen LogP contribution is -1.81. The normalized spacial score (nSPS) is 10.7. The first-order chi connectivity index (χ1) is 6.77. The molecule has 2 nitrogen and oxygen atoms in total. The Balaban J connectivity index is 2.81. The van der Waals surface area contributed by atoms with Crippen molar-refractivity contribution in [1.82, 2.24) is 0 Å². The number of methoxy groups -OCH3 is 1. The van der Waals surface area contributed by atoms with Crippen molar-refractivity contribution in [3.63, 3.8) is 0 Å². The zero-order valence-corrected chi connectivity index (χ0v) is 9.54. The molecule has 0 aliphatic heterocycles. The molecule has 0 fully saturated rings. The van der Waals surface area contributed by atoms with Crippen LogP contribution < -0.4 is 4.74 Å². The van der Waals surface area contributed by atoms with Gasteiger partial charge in [0.25, 0.3) is 0 Å². The van der Waals surface area contributed by atoms with Gasteiger partial charge in [0.1, 0.15) is 9.96 Å². The van der Waals surface area contributed by atoms with E-state index in [9.17, 15) is 5.11 Å². The number of benzene rings is 1. The van der Waals surface area contributed by atoms with Gasteiger partial charge in [-0.05, 0) is 18.4 Å². The van der Waals surface area contributed by atoms with Gasteiger partial charge < -0.3 is 9.84 Å². The minimum atomic E-state index is 0.288. The molecule has 1 heterocycles. The summed E-state index contributed by atoms with van der Waals surface area (Å²) in [7, 11) is 1.63. The van der Waals surface area contributed by atoms with Gasteiger partial charge in [-0.1, -0.05) is 6.07 Å². The second-order valence-corrected chi connectivity index (χ2v) is 4.90. The number of ether oxygens (including phenoxy) is 1. The number of hydrogen-bond acceptors (Lipinski definition) is 4. The molecule has 1 N–H and O–H groups in total. The molecule has 0 unspecified atom stereocenters. The van der Waals surface area contributed by atoms with Crippen LogP contribution in [0.5, 0.6) is 11.5 Å². The Labute approximate surface area is 90.5 Å². The van der Waals surface area contributed by atoms with Crippen molar-refractivity contribution in [3.8, 4) is 11.5 Å². The summed E-state index contributed by atoms with van der Waals surface area (Å²) >= 11 is 3.28. The van der Waals surface area contributed by atoms with E-state index in [4.69, 9.17) is 4.74 Å².